The van der Waals surface area contributed by atoms with Crippen molar-refractivity contribution in [2.75, 3.05) is 4.72 Å². The fourth-order valence-electron chi connectivity index (χ4n) is 2.48. The molecule has 3 aromatic rings. The largest absolute Gasteiger partial charge is 0.573 e. The molecule has 0 atom stereocenters. The fourth-order valence-corrected chi connectivity index (χ4v) is 3.79. The van der Waals surface area contributed by atoms with E-state index in [4.69, 9.17) is 0 Å². The number of rotatable bonds is 4. The van der Waals surface area contributed by atoms with Gasteiger partial charge in [-0.05, 0) is 48.9 Å². The number of aromatic amines is 2. The van der Waals surface area contributed by atoms with E-state index in [1.54, 1.807) is 0 Å². The monoisotopic (exact) mass is 415 g/mol. The minimum absolute atomic E-state index is 0.00369. The molecule has 0 aliphatic rings. The Kier molecular flexibility index (Phi) is 4.67. The molecule has 1 aromatic heterocycles. The Bertz CT molecular complexity index is 1260. The molecule has 0 fully saturated rings. The van der Waals surface area contributed by atoms with Crippen LogP contribution in [0.2, 0.25) is 0 Å². The van der Waals surface area contributed by atoms with Gasteiger partial charge in [0, 0.05) is 5.69 Å². The summed E-state index contributed by atoms with van der Waals surface area (Å²) in [6, 6.07) is 6.68. The van der Waals surface area contributed by atoms with Crippen molar-refractivity contribution in [3.05, 3.63) is 62.7 Å². The van der Waals surface area contributed by atoms with Gasteiger partial charge in [0.15, 0.2) is 0 Å². The van der Waals surface area contributed by atoms with Crippen LogP contribution in [0.5, 0.6) is 5.75 Å². The van der Waals surface area contributed by atoms with Gasteiger partial charge in [-0.3, -0.25) is 14.3 Å². The van der Waals surface area contributed by atoms with E-state index < -0.39 is 33.3 Å². The van der Waals surface area contributed by atoms with Crippen LogP contribution in [0.25, 0.3) is 11.0 Å². The zero-order valence-electron chi connectivity index (χ0n) is 14.0. The highest BCUT2D eigenvalue weighted by Gasteiger charge is 2.31. The molecule has 0 spiro atoms. The predicted molar refractivity (Wildman–Crippen MR) is 93.9 cm³/mol. The summed E-state index contributed by atoms with van der Waals surface area (Å²) in [7, 11) is -4.13. The van der Waals surface area contributed by atoms with E-state index in [0.717, 1.165) is 24.3 Å². The Morgan fingerprint density at radius 3 is 2.04 bits per heavy atom. The van der Waals surface area contributed by atoms with Gasteiger partial charge in [0.05, 0.1) is 15.9 Å². The lowest BCUT2D eigenvalue weighted by atomic mass is 10.2. The molecule has 0 saturated heterocycles. The summed E-state index contributed by atoms with van der Waals surface area (Å²) >= 11 is 0. The van der Waals surface area contributed by atoms with Crippen molar-refractivity contribution >= 4 is 26.7 Å². The number of H-pyrrole nitrogens is 2. The molecule has 3 N–H and O–H groups in total. The van der Waals surface area contributed by atoms with Crippen molar-refractivity contribution in [2.45, 2.75) is 18.2 Å². The number of halogens is 3. The smallest absolute Gasteiger partial charge is 0.406 e. The number of aromatic nitrogens is 2. The van der Waals surface area contributed by atoms with Gasteiger partial charge in [-0.25, -0.2) is 8.42 Å². The van der Waals surface area contributed by atoms with Crippen LogP contribution in [-0.2, 0) is 10.0 Å². The number of fused-ring (bicyclic) bond motifs is 1. The second kappa shape index (κ2) is 6.71. The first-order valence-corrected chi connectivity index (χ1v) is 9.08. The van der Waals surface area contributed by atoms with Crippen molar-refractivity contribution in [1.29, 1.82) is 0 Å². The van der Waals surface area contributed by atoms with Crippen molar-refractivity contribution in [1.82, 2.24) is 9.97 Å². The molecule has 0 bridgehead atoms. The van der Waals surface area contributed by atoms with Crippen LogP contribution in [0.4, 0.5) is 18.9 Å². The van der Waals surface area contributed by atoms with Gasteiger partial charge in [0.2, 0.25) is 0 Å². The van der Waals surface area contributed by atoms with Crippen molar-refractivity contribution < 1.29 is 26.3 Å². The molecule has 0 aliphatic heterocycles. The molecule has 148 valence electrons. The zero-order valence-corrected chi connectivity index (χ0v) is 14.9. The van der Waals surface area contributed by atoms with E-state index >= 15 is 0 Å². The normalized spacial score (nSPS) is 12.1. The van der Waals surface area contributed by atoms with Crippen molar-refractivity contribution in [3.8, 4) is 5.75 Å². The number of alkyl halides is 3. The van der Waals surface area contributed by atoms with Crippen molar-refractivity contribution in [2.24, 2.45) is 0 Å². The van der Waals surface area contributed by atoms with Gasteiger partial charge in [-0.15, -0.1) is 13.2 Å². The predicted octanol–water partition coefficient (Wildman–Crippen LogP) is 2.22. The molecule has 0 aliphatic carbocycles. The van der Waals surface area contributed by atoms with Crippen LogP contribution in [0.3, 0.4) is 0 Å². The van der Waals surface area contributed by atoms with Crippen LogP contribution in [-0.4, -0.2) is 24.7 Å². The molecule has 0 unspecified atom stereocenters. The SMILES string of the molecule is Cc1cc2[nH]c(=O)c(=O)[nH]c2cc1S(=O)(=O)Nc1ccc(OC(F)(F)F)cc1. The molecular formula is C16H12F3N3O5S. The summed E-state index contributed by atoms with van der Waals surface area (Å²) in [6.07, 6.45) is -4.86. The molecule has 0 radical (unpaired) electrons. The molecule has 1 heterocycles. The summed E-state index contributed by atoms with van der Waals surface area (Å²) in [5.41, 5.74) is -1.18. The standard InChI is InChI=1S/C16H12F3N3O5S/c1-8-6-11-12(21-15(24)14(23)20-11)7-13(8)28(25,26)22-9-2-4-10(5-3-9)27-16(17,18)19/h2-7,22H,1H3,(H,20,23)(H,21,24). The number of hydrogen-bond donors (Lipinski definition) is 3. The molecule has 0 amide bonds. The second-order valence-electron chi connectivity index (χ2n) is 5.75. The minimum Gasteiger partial charge on any atom is -0.406 e. The van der Waals surface area contributed by atoms with Crippen LogP contribution in [0, 0.1) is 6.92 Å². The average molecular weight is 415 g/mol. The quantitative estimate of drug-likeness (QED) is 0.564. The van der Waals surface area contributed by atoms with E-state index in [1.165, 1.54) is 19.1 Å². The summed E-state index contributed by atoms with van der Waals surface area (Å²) in [6.45, 7) is 1.48. The molecule has 28 heavy (non-hydrogen) atoms. The lowest BCUT2D eigenvalue weighted by Gasteiger charge is -2.13. The third kappa shape index (κ3) is 4.17. The van der Waals surface area contributed by atoms with E-state index in [0.29, 0.717) is 0 Å². The number of hydrogen-bond acceptors (Lipinski definition) is 5. The van der Waals surface area contributed by atoms with E-state index in [2.05, 4.69) is 19.4 Å². The first-order chi connectivity index (χ1) is 12.9. The topological polar surface area (TPSA) is 121 Å². The maximum Gasteiger partial charge on any atom is 0.573 e. The third-order valence-electron chi connectivity index (χ3n) is 3.65. The molecule has 3 rings (SSSR count). The summed E-state index contributed by atoms with van der Waals surface area (Å²) in [5.74, 6) is -0.501. The maximum absolute atomic E-state index is 12.6. The van der Waals surface area contributed by atoms with Gasteiger partial charge >= 0.3 is 17.5 Å². The van der Waals surface area contributed by atoms with Crippen LogP contribution in [0.1, 0.15) is 5.56 Å². The highest BCUT2D eigenvalue weighted by atomic mass is 32.2. The maximum atomic E-state index is 12.6. The Balaban J connectivity index is 1.94. The first kappa shape index (κ1) is 19.5. The third-order valence-corrected chi connectivity index (χ3v) is 5.17. The lowest BCUT2D eigenvalue weighted by molar-refractivity contribution is -0.274. The van der Waals surface area contributed by atoms with E-state index in [9.17, 15) is 31.2 Å². The van der Waals surface area contributed by atoms with Gasteiger partial charge < -0.3 is 14.7 Å². The highest BCUT2D eigenvalue weighted by molar-refractivity contribution is 7.92. The Morgan fingerprint density at radius 1 is 0.964 bits per heavy atom. The first-order valence-electron chi connectivity index (χ1n) is 7.60. The number of benzene rings is 2. The number of ether oxygens (including phenoxy) is 1. The van der Waals surface area contributed by atoms with E-state index in [1.807, 2.05) is 0 Å². The van der Waals surface area contributed by atoms with Gasteiger partial charge in [-0.2, -0.15) is 0 Å². The summed E-state index contributed by atoms with van der Waals surface area (Å²) in [4.78, 5) is 27.2. The van der Waals surface area contributed by atoms with Crippen LogP contribution >= 0.6 is 0 Å². The summed E-state index contributed by atoms with van der Waals surface area (Å²) < 4.78 is 67.8. The molecule has 0 saturated carbocycles. The molecule has 8 nitrogen and oxygen atoms in total. The molecule has 12 heteroatoms. The Morgan fingerprint density at radius 2 is 1.50 bits per heavy atom. The minimum atomic E-state index is -4.86. The lowest BCUT2D eigenvalue weighted by Crippen LogP contribution is -2.29. The second-order valence-corrected chi connectivity index (χ2v) is 7.40. The Hall–Kier alpha value is -3.28. The Labute approximate surface area is 155 Å². The van der Waals surface area contributed by atoms with Crippen LogP contribution < -0.4 is 20.6 Å². The highest BCUT2D eigenvalue weighted by Crippen LogP contribution is 2.26. The van der Waals surface area contributed by atoms with Crippen molar-refractivity contribution in [3.63, 3.8) is 0 Å². The van der Waals surface area contributed by atoms with Gasteiger partial charge in [0.1, 0.15) is 5.75 Å². The van der Waals surface area contributed by atoms with Gasteiger partial charge in [0.25, 0.3) is 10.0 Å². The summed E-state index contributed by atoms with van der Waals surface area (Å²) in [5, 5.41) is 0. The fraction of sp³-hybridized carbons (Fsp3) is 0.125. The number of aryl methyl sites for hydroxylation is 1. The van der Waals surface area contributed by atoms with Crippen LogP contribution in [0.15, 0.2) is 50.9 Å². The molecular weight excluding hydrogens is 403 g/mol. The number of nitrogens with one attached hydrogen (secondary N) is 3. The zero-order chi connectivity index (χ0) is 20.7. The number of anilines is 1. The van der Waals surface area contributed by atoms with E-state index in [-0.39, 0.29) is 27.2 Å². The molecule has 2 aromatic carbocycles. The average Bonchev–Trinajstić information content (AvgIpc) is 2.56. The number of sulfonamides is 1. The van der Waals surface area contributed by atoms with Gasteiger partial charge in [-0.1, -0.05) is 0 Å².